The Balaban J connectivity index is 1.73. The highest BCUT2D eigenvalue weighted by Crippen LogP contribution is 2.15. The van der Waals surface area contributed by atoms with E-state index in [9.17, 15) is 0 Å². The number of piperazine rings is 2. The molecule has 2 aliphatic rings. The quantitative estimate of drug-likeness (QED) is 0.498. The number of nitrogens with zero attached hydrogens (tertiary/aromatic N) is 4. The van der Waals surface area contributed by atoms with E-state index in [1.807, 2.05) is 0 Å². The van der Waals surface area contributed by atoms with E-state index in [2.05, 4.69) is 23.9 Å². The lowest BCUT2D eigenvalue weighted by Crippen LogP contribution is -2.64. The Hall–Kier alpha value is 0.420. The van der Waals surface area contributed by atoms with Crippen LogP contribution >= 0.6 is 23.2 Å². The van der Waals surface area contributed by atoms with Crippen molar-refractivity contribution >= 4 is 23.2 Å². The first-order valence-corrected chi connectivity index (χ1v) is 9.79. The van der Waals surface area contributed by atoms with E-state index in [4.69, 9.17) is 23.2 Å². The van der Waals surface area contributed by atoms with Crippen LogP contribution in [0.1, 0.15) is 0 Å². The third kappa shape index (κ3) is 5.50. The molecule has 22 heavy (non-hydrogen) atoms. The molecule has 6 heteroatoms. The van der Waals surface area contributed by atoms with E-state index in [1.165, 1.54) is 74.4 Å². The van der Waals surface area contributed by atoms with E-state index in [1.54, 1.807) is 0 Å². The summed E-state index contributed by atoms with van der Waals surface area (Å²) < 4.78 is 2.47. The molecule has 0 aromatic rings. The first kappa shape index (κ1) is 18.8. The number of quaternary nitrogens is 2. The van der Waals surface area contributed by atoms with Crippen LogP contribution in [0.15, 0.2) is 0 Å². The summed E-state index contributed by atoms with van der Waals surface area (Å²) in [6, 6.07) is 0. The predicted molar refractivity (Wildman–Crippen MR) is 95.9 cm³/mol. The maximum atomic E-state index is 5.86. The second-order valence-corrected chi connectivity index (χ2v) is 8.40. The number of rotatable bonds is 7. The molecule has 2 aliphatic heterocycles. The van der Waals surface area contributed by atoms with Crippen LogP contribution in [0.4, 0.5) is 0 Å². The van der Waals surface area contributed by atoms with Crippen molar-refractivity contribution in [1.82, 2.24) is 9.80 Å². The molecule has 0 saturated carbocycles. The van der Waals surface area contributed by atoms with Gasteiger partial charge in [0.05, 0.1) is 40.3 Å². The molecule has 0 aromatic heterocycles. The van der Waals surface area contributed by atoms with Gasteiger partial charge in [0.25, 0.3) is 0 Å². The molecule has 2 fully saturated rings. The number of likely N-dealkylation sites (N-methyl/N-ethyl adjacent to an activating group) is 2. The minimum Gasteiger partial charge on any atom is -0.319 e. The molecule has 0 radical (unpaired) electrons. The number of halogens is 2. The Labute approximate surface area is 146 Å². The average molecular weight is 353 g/mol. The molecule has 130 valence electrons. The Morgan fingerprint density at radius 1 is 0.682 bits per heavy atom. The Morgan fingerprint density at radius 2 is 1.00 bits per heavy atom. The molecule has 0 spiro atoms. The highest BCUT2D eigenvalue weighted by Gasteiger charge is 2.34. The van der Waals surface area contributed by atoms with Gasteiger partial charge in [-0.15, -0.1) is 23.2 Å². The third-order valence-corrected chi connectivity index (χ3v) is 6.14. The van der Waals surface area contributed by atoms with E-state index in [0.717, 1.165) is 24.8 Å². The lowest BCUT2D eigenvalue weighted by atomic mass is 10.2. The van der Waals surface area contributed by atoms with Gasteiger partial charge in [0, 0.05) is 51.0 Å². The molecule has 4 nitrogen and oxygen atoms in total. The number of hydrogen-bond donors (Lipinski definition) is 0. The summed E-state index contributed by atoms with van der Waals surface area (Å²) in [5.74, 6) is 1.52. The molecule has 0 aromatic carbocycles. The number of hydrogen-bond acceptors (Lipinski definition) is 2. The van der Waals surface area contributed by atoms with Crippen molar-refractivity contribution in [2.24, 2.45) is 0 Å². The molecule has 0 N–H and O–H groups in total. The molecule has 0 atom stereocenters. The zero-order chi connectivity index (χ0) is 16.1. The molecule has 2 saturated heterocycles. The SMILES string of the molecule is C[N+]1(CC[N+]2(C)CCN(CCCl)CC2)CCN(CCCl)CC1. The van der Waals surface area contributed by atoms with E-state index >= 15 is 0 Å². The fraction of sp³-hybridized carbons (Fsp3) is 1.00. The third-order valence-electron chi connectivity index (χ3n) is 5.81. The van der Waals surface area contributed by atoms with Crippen molar-refractivity contribution in [3.05, 3.63) is 0 Å². The molecule has 2 heterocycles. The summed E-state index contributed by atoms with van der Waals surface area (Å²) >= 11 is 11.7. The van der Waals surface area contributed by atoms with Gasteiger partial charge in [0.1, 0.15) is 13.1 Å². The van der Waals surface area contributed by atoms with Gasteiger partial charge in [-0.2, -0.15) is 0 Å². The zero-order valence-corrected chi connectivity index (χ0v) is 16.0. The first-order valence-electron chi connectivity index (χ1n) is 8.72. The topological polar surface area (TPSA) is 6.48 Å². The first-order chi connectivity index (χ1) is 10.5. The van der Waals surface area contributed by atoms with E-state index < -0.39 is 0 Å². The fourth-order valence-electron chi connectivity index (χ4n) is 3.59. The van der Waals surface area contributed by atoms with Crippen LogP contribution in [-0.2, 0) is 0 Å². The normalized spacial score (nSPS) is 26.2. The Kier molecular flexibility index (Phi) is 7.24. The van der Waals surface area contributed by atoms with Crippen LogP contribution in [-0.4, -0.2) is 123 Å². The van der Waals surface area contributed by atoms with Crippen LogP contribution in [0.3, 0.4) is 0 Å². The lowest BCUT2D eigenvalue weighted by Gasteiger charge is -2.46. The van der Waals surface area contributed by atoms with E-state index in [-0.39, 0.29) is 0 Å². The lowest BCUT2D eigenvalue weighted by molar-refractivity contribution is -0.967. The smallest absolute Gasteiger partial charge is 0.128 e. The molecular weight excluding hydrogens is 319 g/mol. The summed E-state index contributed by atoms with van der Waals surface area (Å²) in [5.41, 5.74) is 0. The number of alkyl halides is 2. The molecule has 0 bridgehead atoms. The van der Waals surface area contributed by atoms with Crippen molar-refractivity contribution in [3.63, 3.8) is 0 Å². The molecule has 0 aliphatic carbocycles. The van der Waals surface area contributed by atoms with Gasteiger partial charge in [0.2, 0.25) is 0 Å². The monoisotopic (exact) mass is 352 g/mol. The van der Waals surface area contributed by atoms with Gasteiger partial charge in [-0.25, -0.2) is 0 Å². The maximum Gasteiger partial charge on any atom is 0.128 e. The van der Waals surface area contributed by atoms with Crippen LogP contribution in [0.2, 0.25) is 0 Å². The molecular formula is C16H34Cl2N4+2. The Morgan fingerprint density at radius 3 is 1.27 bits per heavy atom. The van der Waals surface area contributed by atoms with Crippen molar-refractivity contribution in [1.29, 1.82) is 0 Å². The van der Waals surface area contributed by atoms with Gasteiger partial charge in [0.15, 0.2) is 0 Å². The van der Waals surface area contributed by atoms with Crippen LogP contribution < -0.4 is 0 Å². The predicted octanol–water partition coefficient (Wildman–Crippen LogP) is 0.988. The molecule has 0 unspecified atom stereocenters. The summed E-state index contributed by atoms with van der Waals surface area (Å²) in [6.07, 6.45) is 0. The average Bonchev–Trinajstić information content (AvgIpc) is 2.51. The van der Waals surface area contributed by atoms with Crippen molar-refractivity contribution in [3.8, 4) is 0 Å². The van der Waals surface area contributed by atoms with Gasteiger partial charge in [-0.05, 0) is 0 Å². The highest BCUT2D eigenvalue weighted by molar-refractivity contribution is 6.18. The molecule has 0 amide bonds. The summed E-state index contributed by atoms with van der Waals surface area (Å²) in [7, 11) is 4.88. The zero-order valence-electron chi connectivity index (χ0n) is 14.4. The van der Waals surface area contributed by atoms with E-state index in [0.29, 0.717) is 0 Å². The minimum atomic E-state index is 0.761. The van der Waals surface area contributed by atoms with Gasteiger partial charge < -0.3 is 8.97 Å². The molecule has 2 rings (SSSR count). The summed E-state index contributed by atoms with van der Waals surface area (Å²) in [5, 5.41) is 0. The second kappa shape index (κ2) is 8.50. The van der Waals surface area contributed by atoms with Crippen LogP contribution in [0.5, 0.6) is 0 Å². The summed E-state index contributed by atoms with van der Waals surface area (Å²) in [6.45, 7) is 14.6. The van der Waals surface area contributed by atoms with Crippen molar-refractivity contribution < 1.29 is 8.97 Å². The van der Waals surface area contributed by atoms with Crippen LogP contribution in [0, 0.1) is 0 Å². The standard InChI is InChI=1S/C16H34Cl2N4/c1-21(11-7-19(5-3-17)8-12-21)15-16-22(2)13-9-20(6-4-18)10-14-22/h3-16H2,1-2H3/q+2. The maximum absolute atomic E-state index is 5.86. The van der Waals surface area contributed by atoms with Crippen molar-refractivity contribution in [2.75, 3.05) is 104 Å². The Bertz CT molecular complexity index is 292. The highest BCUT2D eigenvalue weighted by atomic mass is 35.5. The summed E-state index contributed by atoms with van der Waals surface area (Å²) in [4.78, 5) is 5.02. The van der Waals surface area contributed by atoms with Gasteiger partial charge in [-0.1, -0.05) is 0 Å². The fourth-order valence-corrected chi connectivity index (χ4v) is 4.07. The second-order valence-electron chi connectivity index (χ2n) is 7.64. The minimum absolute atomic E-state index is 0.761. The van der Waals surface area contributed by atoms with Gasteiger partial charge in [-0.3, -0.25) is 9.80 Å². The largest absolute Gasteiger partial charge is 0.319 e. The van der Waals surface area contributed by atoms with Gasteiger partial charge >= 0.3 is 0 Å². The van der Waals surface area contributed by atoms with Crippen molar-refractivity contribution in [2.45, 2.75) is 0 Å². The van der Waals surface area contributed by atoms with Crippen LogP contribution in [0.25, 0.3) is 0 Å².